The van der Waals surface area contributed by atoms with Crippen LogP contribution in [0.2, 0.25) is 0 Å². The Hall–Kier alpha value is -1.20. The largest absolute Gasteiger partial charge is 0.465 e. The second-order valence-corrected chi connectivity index (χ2v) is 4.46. The van der Waals surface area contributed by atoms with Gasteiger partial charge >= 0.3 is 5.97 Å². The maximum absolute atomic E-state index is 12.3. The summed E-state index contributed by atoms with van der Waals surface area (Å²) in [6.07, 6.45) is 0. The van der Waals surface area contributed by atoms with Crippen LogP contribution < -0.4 is 0 Å². The number of esters is 1. The van der Waals surface area contributed by atoms with Gasteiger partial charge in [0.05, 0.1) is 18.6 Å². The maximum atomic E-state index is 12.3. The molecule has 1 fully saturated rings. The van der Waals surface area contributed by atoms with Gasteiger partial charge in [-0.1, -0.05) is 6.92 Å². The minimum Gasteiger partial charge on any atom is -0.465 e. The summed E-state index contributed by atoms with van der Waals surface area (Å²) in [6.45, 7) is 3.46. The van der Waals surface area contributed by atoms with Crippen LogP contribution in [0.3, 0.4) is 0 Å². The molecule has 0 N–H and O–H groups in total. The van der Waals surface area contributed by atoms with Gasteiger partial charge < -0.3 is 23.7 Å². The van der Waals surface area contributed by atoms with E-state index in [9.17, 15) is 10.1 Å². The molecule has 0 aliphatic heterocycles. The molecule has 0 amide bonds. The van der Waals surface area contributed by atoms with E-state index in [1.807, 2.05) is 6.07 Å². The van der Waals surface area contributed by atoms with Crippen molar-refractivity contribution in [3.05, 3.63) is 0 Å². The molecule has 0 aromatic rings. The summed E-state index contributed by atoms with van der Waals surface area (Å²) < 4.78 is 26.5. The minimum absolute atomic E-state index is 0.144. The smallest absolute Gasteiger partial charge is 0.332 e. The fourth-order valence-corrected chi connectivity index (χ4v) is 3.22. The number of hydrogen-bond donors (Lipinski definition) is 0. The van der Waals surface area contributed by atoms with E-state index in [0.717, 1.165) is 0 Å². The van der Waals surface area contributed by atoms with Crippen LogP contribution in [0, 0.1) is 22.7 Å². The number of nitrogens with zero attached hydrogens (tertiary/aromatic N) is 1. The molecular weight excluding hydrogens is 266 g/mol. The molecule has 7 nitrogen and oxygen atoms in total. The van der Waals surface area contributed by atoms with Gasteiger partial charge in [-0.15, -0.1) is 0 Å². The molecule has 1 aliphatic carbocycles. The molecule has 1 aliphatic rings. The van der Waals surface area contributed by atoms with Gasteiger partial charge in [0.25, 0.3) is 5.79 Å². The maximum Gasteiger partial charge on any atom is 0.332 e. The molecular formula is C13H21NO6. The van der Waals surface area contributed by atoms with Gasteiger partial charge in [-0.25, -0.2) is 0 Å². The van der Waals surface area contributed by atoms with Crippen LogP contribution in [-0.4, -0.2) is 52.6 Å². The number of carbonyl (C=O) groups is 1. The van der Waals surface area contributed by atoms with Gasteiger partial charge in [-0.05, 0) is 6.92 Å². The molecule has 0 saturated heterocycles. The number of rotatable bonds is 6. The van der Waals surface area contributed by atoms with Gasteiger partial charge in [0.1, 0.15) is 0 Å². The number of hydrogen-bond acceptors (Lipinski definition) is 7. The van der Waals surface area contributed by atoms with Crippen molar-refractivity contribution in [1.29, 1.82) is 5.26 Å². The molecule has 114 valence electrons. The monoisotopic (exact) mass is 287 g/mol. The molecule has 1 saturated carbocycles. The molecule has 0 aromatic carbocycles. The highest BCUT2D eigenvalue weighted by Crippen LogP contribution is 2.65. The summed E-state index contributed by atoms with van der Waals surface area (Å²) in [6, 6.07) is 1.98. The Morgan fingerprint density at radius 1 is 1.15 bits per heavy atom. The summed E-state index contributed by atoms with van der Waals surface area (Å²) in [5, 5.41) is 9.60. The van der Waals surface area contributed by atoms with Gasteiger partial charge in [0.15, 0.2) is 0 Å². The first-order valence-corrected chi connectivity index (χ1v) is 6.23. The predicted molar refractivity (Wildman–Crippen MR) is 67.3 cm³/mol. The van der Waals surface area contributed by atoms with Gasteiger partial charge in [-0.2, -0.15) is 5.26 Å². The Morgan fingerprint density at radius 2 is 1.65 bits per heavy atom. The molecule has 0 spiro atoms. The SMILES string of the molecule is CCOC(=O)[C@]1(C#N)[C@@H](C)C(OC)(OC)C1(OC)OC. The zero-order valence-electron chi connectivity index (χ0n) is 12.7. The minimum atomic E-state index is -1.70. The van der Waals surface area contributed by atoms with E-state index in [1.165, 1.54) is 28.4 Å². The van der Waals surface area contributed by atoms with Crippen molar-refractivity contribution in [3.8, 4) is 6.07 Å². The third kappa shape index (κ3) is 1.50. The second-order valence-electron chi connectivity index (χ2n) is 4.46. The first-order valence-electron chi connectivity index (χ1n) is 6.23. The Bertz CT molecular complexity index is 410. The van der Waals surface area contributed by atoms with Crippen molar-refractivity contribution in [3.63, 3.8) is 0 Å². The normalized spacial score (nSPS) is 30.1. The van der Waals surface area contributed by atoms with E-state index in [2.05, 4.69) is 0 Å². The molecule has 0 heterocycles. The molecule has 20 heavy (non-hydrogen) atoms. The van der Waals surface area contributed by atoms with E-state index in [1.54, 1.807) is 13.8 Å². The lowest BCUT2D eigenvalue weighted by Gasteiger charge is -2.65. The number of ether oxygens (including phenoxy) is 5. The number of methoxy groups -OCH3 is 4. The van der Waals surface area contributed by atoms with Crippen LogP contribution in [0.25, 0.3) is 0 Å². The fraction of sp³-hybridized carbons (Fsp3) is 0.846. The van der Waals surface area contributed by atoms with Crippen LogP contribution in [0.15, 0.2) is 0 Å². The summed E-state index contributed by atoms with van der Waals surface area (Å²) in [5.41, 5.74) is -1.67. The van der Waals surface area contributed by atoms with Gasteiger partial charge in [-0.3, -0.25) is 4.79 Å². The third-order valence-corrected chi connectivity index (χ3v) is 4.15. The molecule has 0 unspecified atom stereocenters. The first-order chi connectivity index (χ1) is 9.44. The Morgan fingerprint density at radius 3 is 1.95 bits per heavy atom. The zero-order chi connectivity index (χ0) is 15.6. The second kappa shape index (κ2) is 5.66. The highest BCUT2D eigenvalue weighted by molar-refractivity contribution is 5.84. The number of nitriles is 1. The van der Waals surface area contributed by atoms with E-state index >= 15 is 0 Å². The van der Waals surface area contributed by atoms with Crippen molar-refractivity contribution < 1.29 is 28.5 Å². The summed E-state index contributed by atoms with van der Waals surface area (Å²) in [7, 11) is 5.46. The van der Waals surface area contributed by atoms with Crippen molar-refractivity contribution in [1.82, 2.24) is 0 Å². The lowest BCUT2D eigenvalue weighted by Crippen LogP contribution is -2.85. The van der Waals surface area contributed by atoms with Crippen LogP contribution in [0.5, 0.6) is 0 Å². The van der Waals surface area contributed by atoms with Crippen molar-refractivity contribution in [2.45, 2.75) is 25.4 Å². The fourth-order valence-electron chi connectivity index (χ4n) is 3.22. The third-order valence-electron chi connectivity index (χ3n) is 4.15. The average molecular weight is 287 g/mol. The molecule has 2 atom stereocenters. The number of carbonyl (C=O) groups excluding carboxylic acids is 1. The molecule has 0 bridgehead atoms. The zero-order valence-corrected chi connectivity index (χ0v) is 12.7. The van der Waals surface area contributed by atoms with Gasteiger partial charge in [0, 0.05) is 28.4 Å². The van der Waals surface area contributed by atoms with Crippen molar-refractivity contribution >= 4 is 5.97 Å². The lowest BCUT2D eigenvalue weighted by atomic mass is 9.51. The summed E-state index contributed by atoms with van der Waals surface area (Å²) >= 11 is 0. The molecule has 0 radical (unpaired) electrons. The van der Waals surface area contributed by atoms with E-state index in [4.69, 9.17) is 23.7 Å². The summed E-state index contributed by atoms with van der Waals surface area (Å²) in [5.74, 6) is -4.44. The van der Waals surface area contributed by atoms with Crippen molar-refractivity contribution in [2.24, 2.45) is 11.3 Å². The molecule has 0 aromatic heterocycles. The Balaban J connectivity index is 3.47. The highest BCUT2D eigenvalue weighted by atomic mass is 16.8. The van der Waals surface area contributed by atoms with Gasteiger partial charge in [0.2, 0.25) is 11.2 Å². The topological polar surface area (TPSA) is 87.0 Å². The van der Waals surface area contributed by atoms with E-state index in [-0.39, 0.29) is 6.61 Å². The Labute approximate surface area is 118 Å². The van der Waals surface area contributed by atoms with E-state index < -0.39 is 28.9 Å². The quantitative estimate of drug-likeness (QED) is 0.524. The lowest BCUT2D eigenvalue weighted by molar-refractivity contribution is -0.497. The highest BCUT2D eigenvalue weighted by Gasteiger charge is 2.87. The van der Waals surface area contributed by atoms with Crippen LogP contribution in [0.4, 0.5) is 0 Å². The van der Waals surface area contributed by atoms with Crippen molar-refractivity contribution in [2.75, 3.05) is 35.0 Å². The first kappa shape index (κ1) is 16.9. The molecule has 1 rings (SSSR count). The Kier molecular flexibility index (Phi) is 4.77. The summed E-state index contributed by atoms with van der Waals surface area (Å²) in [4.78, 5) is 12.3. The predicted octanol–water partition coefficient (Wildman–Crippen LogP) is 0.687. The van der Waals surface area contributed by atoms with Crippen LogP contribution in [-0.2, 0) is 28.5 Å². The van der Waals surface area contributed by atoms with E-state index in [0.29, 0.717) is 0 Å². The molecule has 7 heteroatoms. The average Bonchev–Trinajstić information content (AvgIpc) is 2.46. The van der Waals surface area contributed by atoms with Crippen LogP contribution in [0.1, 0.15) is 13.8 Å². The van der Waals surface area contributed by atoms with Crippen LogP contribution >= 0.6 is 0 Å². The standard InChI is InChI=1S/C13H21NO6/c1-7-20-10(15)11(8-14)9(2)12(16-3,17-4)13(11,18-5)19-6/h9H,7H2,1-6H3/t9-,11+/m1/s1.